The number of halogens is 1. The molecule has 27 heavy (non-hydrogen) atoms. The van der Waals surface area contributed by atoms with Crippen molar-refractivity contribution in [3.05, 3.63) is 65.8 Å². The van der Waals surface area contributed by atoms with Crippen molar-refractivity contribution in [3.8, 4) is 11.5 Å². The zero-order valence-electron chi connectivity index (χ0n) is 15.5. The van der Waals surface area contributed by atoms with Crippen molar-refractivity contribution in [1.82, 2.24) is 10.2 Å². The second-order valence-electron chi connectivity index (χ2n) is 6.62. The Morgan fingerprint density at radius 2 is 2.00 bits per heavy atom. The molecule has 1 amide bonds. The first-order valence-corrected chi connectivity index (χ1v) is 8.70. The van der Waals surface area contributed by atoms with Gasteiger partial charge < -0.3 is 14.6 Å². The Balaban J connectivity index is 1.63. The number of anilines is 1. The van der Waals surface area contributed by atoms with Crippen molar-refractivity contribution in [3.63, 3.8) is 0 Å². The lowest BCUT2D eigenvalue weighted by Gasteiger charge is -2.18. The van der Waals surface area contributed by atoms with Crippen LogP contribution in [0.2, 0.25) is 0 Å². The smallest absolute Gasteiger partial charge is 0.279 e. The van der Waals surface area contributed by atoms with E-state index in [-0.39, 0.29) is 18.5 Å². The molecule has 140 valence electrons. The van der Waals surface area contributed by atoms with Crippen molar-refractivity contribution >= 4 is 11.6 Å². The van der Waals surface area contributed by atoms with Crippen molar-refractivity contribution in [2.75, 3.05) is 18.9 Å². The van der Waals surface area contributed by atoms with Crippen LogP contribution in [0, 0.1) is 12.7 Å². The van der Waals surface area contributed by atoms with E-state index in [4.69, 9.17) is 4.42 Å². The van der Waals surface area contributed by atoms with E-state index in [2.05, 4.69) is 15.5 Å². The van der Waals surface area contributed by atoms with Gasteiger partial charge in [0.2, 0.25) is 5.89 Å². The van der Waals surface area contributed by atoms with Gasteiger partial charge in [0.25, 0.3) is 11.8 Å². The van der Waals surface area contributed by atoms with E-state index in [0.29, 0.717) is 17.5 Å². The lowest BCUT2D eigenvalue weighted by atomic mass is 10.1. The normalized spacial score (nSPS) is 13.2. The monoisotopic (exact) mass is 369 g/mol. The van der Waals surface area contributed by atoms with Crippen LogP contribution in [0.1, 0.15) is 24.4 Å². The number of quaternary nitrogens is 1. The molecule has 7 heteroatoms. The van der Waals surface area contributed by atoms with E-state index < -0.39 is 5.82 Å². The molecule has 0 bridgehead atoms. The summed E-state index contributed by atoms with van der Waals surface area (Å²) in [5, 5.41) is 10.9. The Morgan fingerprint density at radius 3 is 2.74 bits per heavy atom. The van der Waals surface area contributed by atoms with E-state index in [1.54, 1.807) is 12.1 Å². The molecular weight excluding hydrogens is 347 g/mol. The molecule has 0 spiro atoms. The van der Waals surface area contributed by atoms with E-state index in [9.17, 15) is 9.18 Å². The van der Waals surface area contributed by atoms with Gasteiger partial charge in [-0.2, -0.15) is 0 Å². The van der Waals surface area contributed by atoms with Crippen LogP contribution in [0.25, 0.3) is 11.5 Å². The van der Waals surface area contributed by atoms with Crippen LogP contribution in [-0.4, -0.2) is 29.7 Å². The van der Waals surface area contributed by atoms with Crippen molar-refractivity contribution in [1.29, 1.82) is 0 Å². The van der Waals surface area contributed by atoms with E-state index in [0.717, 1.165) is 16.0 Å². The third kappa shape index (κ3) is 4.77. The van der Waals surface area contributed by atoms with Gasteiger partial charge in [-0.25, -0.2) is 4.39 Å². The molecule has 1 unspecified atom stereocenters. The molecule has 6 nitrogen and oxygen atoms in total. The molecule has 0 fully saturated rings. The second kappa shape index (κ2) is 8.09. The SMILES string of the molecule is Cc1cccc(-c2nnc([C@H](C)[NH+](C)CC(=O)Nc3cccc(F)c3)o2)c1. The number of nitrogens with one attached hydrogen (secondary N) is 2. The Kier molecular flexibility index (Phi) is 5.61. The maximum atomic E-state index is 13.2. The molecule has 1 heterocycles. The molecule has 3 rings (SSSR count). The minimum absolute atomic E-state index is 0.172. The number of hydrogen-bond acceptors (Lipinski definition) is 4. The molecule has 0 saturated heterocycles. The van der Waals surface area contributed by atoms with Gasteiger partial charge in [-0.05, 0) is 44.2 Å². The number of aromatic nitrogens is 2. The van der Waals surface area contributed by atoms with Crippen LogP contribution in [0.5, 0.6) is 0 Å². The second-order valence-corrected chi connectivity index (χ2v) is 6.62. The Morgan fingerprint density at radius 1 is 1.22 bits per heavy atom. The van der Waals surface area contributed by atoms with Gasteiger partial charge in [-0.1, -0.05) is 23.8 Å². The van der Waals surface area contributed by atoms with Crippen LogP contribution >= 0.6 is 0 Å². The van der Waals surface area contributed by atoms with Crippen molar-refractivity contribution in [2.45, 2.75) is 19.9 Å². The summed E-state index contributed by atoms with van der Waals surface area (Å²) in [7, 11) is 1.87. The molecule has 2 N–H and O–H groups in total. The molecule has 0 saturated carbocycles. The topological polar surface area (TPSA) is 72.5 Å². The minimum Gasteiger partial charge on any atom is -0.415 e. The fourth-order valence-electron chi connectivity index (χ4n) is 2.69. The van der Waals surface area contributed by atoms with E-state index in [1.165, 1.54) is 12.1 Å². The summed E-state index contributed by atoms with van der Waals surface area (Å²) in [4.78, 5) is 13.1. The fourth-order valence-corrected chi connectivity index (χ4v) is 2.69. The van der Waals surface area contributed by atoms with Gasteiger partial charge in [-0.15, -0.1) is 10.2 Å². The van der Waals surface area contributed by atoms with E-state index >= 15 is 0 Å². The van der Waals surface area contributed by atoms with Gasteiger partial charge in [0.15, 0.2) is 12.6 Å². The highest BCUT2D eigenvalue weighted by atomic mass is 19.1. The lowest BCUT2D eigenvalue weighted by molar-refractivity contribution is -0.903. The molecule has 0 aliphatic carbocycles. The lowest BCUT2D eigenvalue weighted by Crippen LogP contribution is -3.10. The number of rotatable bonds is 6. The van der Waals surface area contributed by atoms with Gasteiger partial charge in [0, 0.05) is 11.3 Å². The number of carbonyl (C=O) groups excluding carboxylic acids is 1. The minimum atomic E-state index is -0.392. The third-order valence-corrected chi connectivity index (χ3v) is 4.36. The predicted molar refractivity (Wildman–Crippen MR) is 99.7 cm³/mol. The molecule has 1 aromatic heterocycles. The Bertz CT molecular complexity index is 941. The molecule has 0 aliphatic rings. The van der Waals surface area contributed by atoms with Gasteiger partial charge >= 0.3 is 0 Å². The van der Waals surface area contributed by atoms with E-state index in [1.807, 2.05) is 45.2 Å². The quantitative estimate of drug-likeness (QED) is 0.700. The fraction of sp³-hybridized carbons (Fsp3) is 0.250. The largest absolute Gasteiger partial charge is 0.415 e. The highest BCUT2D eigenvalue weighted by molar-refractivity contribution is 5.91. The van der Waals surface area contributed by atoms with Crippen LogP contribution in [-0.2, 0) is 4.79 Å². The van der Waals surface area contributed by atoms with Gasteiger partial charge in [0.1, 0.15) is 5.82 Å². The molecule has 0 aliphatic heterocycles. The number of amides is 1. The average molecular weight is 369 g/mol. The summed E-state index contributed by atoms with van der Waals surface area (Å²) >= 11 is 0. The number of likely N-dealkylation sites (N-methyl/N-ethyl adjacent to an activating group) is 1. The van der Waals surface area contributed by atoms with Crippen LogP contribution < -0.4 is 10.2 Å². The first kappa shape index (κ1) is 18.7. The average Bonchev–Trinajstić information content (AvgIpc) is 3.11. The summed E-state index contributed by atoms with van der Waals surface area (Å²) < 4.78 is 19.0. The van der Waals surface area contributed by atoms with Crippen molar-refractivity contribution in [2.24, 2.45) is 0 Å². The molecule has 0 radical (unpaired) electrons. The molecule has 2 atom stereocenters. The first-order valence-electron chi connectivity index (χ1n) is 8.70. The summed E-state index contributed by atoms with van der Waals surface area (Å²) in [6.07, 6.45) is 0. The van der Waals surface area contributed by atoms with Gasteiger partial charge in [0.05, 0.1) is 7.05 Å². The zero-order chi connectivity index (χ0) is 19.4. The number of benzene rings is 2. The number of hydrogen-bond donors (Lipinski definition) is 2. The maximum absolute atomic E-state index is 13.2. The molecule has 3 aromatic rings. The third-order valence-electron chi connectivity index (χ3n) is 4.36. The summed E-state index contributed by atoms with van der Waals surface area (Å²) in [5.41, 5.74) is 2.40. The van der Waals surface area contributed by atoms with Crippen LogP contribution in [0.4, 0.5) is 10.1 Å². The maximum Gasteiger partial charge on any atom is 0.279 e. The number of nitrogens with zero attached hydrogens (tertiary/aromatic N) is 2. The van der Waals surface area contributed by atoms with Crippen molar-refractivity contribution < 1.29 is 18.5 Å². The number of carbonyl (C=O) groups is 1. The highest BCUT2D eigenvalue weighted by Crippen LogP contribution is 2.20. The van der Waals surface area contributed by atoms with Crippen LogP contribution in [0.15, 0.2) is 52.9 Å². The molecular formula is C20H22FN4O2+. The predicted octanol–water partition coefficient (Wildman–Crippen LogP) is 2.40. The standard InChI is InChI=1S/C20H21FN4O2/c1-13-6-4-7-15(10-13)20-24-23-19(27-20)14(2)25(3)12-18(26)22-17-9-5-8-16(21)11-17/h4-11,14H,12H2,1-3H3,(H,22,26)/p+1/t14-/m0/s1. The number of aryl methyl sites for hydroxylation is 1. The summed E-state index contributed by atoms with van der Waals surface area (Å²) in [6, 6.07) is 13.5. The van der Waals surface area contributed by atoms with Gasteiger partial charge in [-0.3, -0.25) is 4.79 Å². The van der Waals surface area contributed by atoms with Crippen LogP contribution in [0.3, 0.4) is 0 Å². The highest BCUT2D eigenvalue weighted by Gasteiger charge is 2.24. The molecule has 2 aromatic carbocycles. The zero-order valence-corrected chi connectivity index (χ0v) is 15.5. The Hall–Kier alpha value is -3.06. The summed E-state index contributed by atoms with van der Waals surface area (Å²) in [6.45, 7) is 4.09. The Labute approximate surface area is 157 Å². The summed E-state index contributed by atoms with van der Waals surface area (Å²) in [5.74, 6) is 0.305. The first-order chi connectivity index (χ1) is 12.9.